The Balaban J connectivity index is 1.45. The Labute approximate surface area is 194 Å². The molecule has 0 bridgehead atoms. The number of benzene rings is 2. The molecule has 2 aromatic carbocycles. The number of ether oxygens (including phenoxy) is 2. The van der Waals surface area contributed by atoms with E-state index in [1.54, 1.807) is 19.5 Å². The second-order valence-corrected chi connectivity index (χ2v) is 8.42. The molecule has 4 aromatic rings. The molecule has 0 aliphatic rings. The predicted octanol–water partition coefficient (Wildman–Crippen LogP) is 5.21. The molecule has 1 amide bonds. The van der Waals surface area contributed by atoms with Crippen LogP contribution in [0.2, 0.25) is 0 Å². The number of methoxy groups -OCH3 is 1. The van der Waals surface area contributed by atoms with Crippen molar-refractivity contribution < 1.29 is 14.3 Å². The van der Waals surface area contributed by atoms with Gasteiger partial charge >= 0.3 is 0 Å². The van der Waals surface area contributed by atoms with Crippen molar-refractivity contribution in [3.05, 3.63) is 89.9 Å². The maximum atomic E-state index is 13.0. The quantitative estimate of drug-likeness (QED) is 0.386. The Bertz CT molecular complexity index is 1230. The van der Waals surface area contributed by atoms with Crippen LogP contribution in [0.25, 0.3) is 10.9 Å². The van der Waals surface area contributed by atoms with Crippen molar-refractivity contribution in [2.45, 2.75) is 33.5 Å². The zero-order valence-corrected chi connectivity index (χ0v) is 19.2. The molecule has 0 radical (unpaired) electrons. The summed E-state index contributed by atoms with van der Waals surface area (Å²) >= 11 is 0. The van der Waals surface area contributed by atoms with Crippen molar-refractivity contribution in [3.63, 3.8) is 0 Å². The van der Waals surface area contributed by atoms with E-state index in [-0.39, 0.29) is 5.91 Å². The van der Waals surface area contributed by atoms with E-state index in [9.17, 15) is 4.79 Å². The van der Waals surface area contributed by atoms with E-state index in [4.69, 9.17) is 9.47 Å². The summed E-state index contributed by atoms with van der Waals surface area (Å²) in [5, 5.41) is 4.01. The molecule has 0 saturated carbocycles. The Morgan fingerprint density at radius 2 is 1.82 bits per heavy atom. The summed E-state index contributed by atoms with van der Waals surface area (Å²) in [5.74, 6) is 1.68. The molecule has 0 aliphatic carbocycles. The fourth-order valence-electron chi connectivity index (χ4n) is 3.83. The lowest BCUT2D eigenvalue weighted by molar-refractivity contribution is 0.0952. The first-order valence-corrected chi connectivity index (χ1v) is 11.1. The molecule has 6 heteroatoms. The zero-order valence-electron chi connectivity index (χ0n) is 19.2. The van der Waals surface area contributed by atoms with Crippen molar-refractivity contribution >= 4 is 16.8 Å². The van der Waals surface area contributed by atoms with Gasteiger partial charge in [-0.1, -0.05) is 38.1 Å². The highest BCUT2D eigenvalue weighted by Gasteiger charge is 2.15. The highest BCUT2D eigenvalue weighted by atomic mass is 16.5. The van der Waals surface area contributed by atoms with Crippen molar-refractivity contribution in [3.8, 4) is 11.5 Å². The first-order valence-electron chi connectivity index (χ1n) is 11.1. The second-order valence-electron chi connectivity index (χ2n) is 8.42. The van der Waals surface area contributed by atoms with Crippen LogP contribution in [0.15, 0.2) is 73.2 Å². The topological polar surface area (TPSA) is 65.4 Å². The standard InChI is InChI=1S/C27H29N3O3/c1-19(2)16-30-17-23(22-6-4-5-7-24(22)30)27(31)29-15-21-8-9-25(26(14-21)32-3)33-18-20-10-12-28-13-11-20/h4-14,17,19H,15-16,18H2,1-3H3,(H,29,31). The molecule has 0 unspecified atom stereocenters. The van der Waals surface area contributed by atoms with Crippen LogP contribution in [0.5, 0.6) is 11.5 Å². The molecular weight excluding hydrogens is 414 g/mol. The number of carbonyl (C=O) groups is 1. The molecule has 170 valence electrons. The summed E-state index contributed by atoms with van der Waals surface area (Å²) < 4.78 is 13.6. The smallest absolute Gasteiger partial charge is 0.253 e. The second kappa shape index (κ2) is 10.2. The molecule has 0 spiro atoms. The Kier molecular flexibility index (Phi) is 6.93. The molecule has 0 aliphatic heterocycles. The number of nitrogens with zero attached hydrogens (tertiary/aromatic N) is 2. The van der Waals surface area contributed by atoms with Gasteiger partial charge in [-0.2, -0.15) is 0 Å². The third kappa shape index (κ3) is 5.34. The first-order chi connectivity index (χ1) is 16.0. The number of amides is 1. The van der Waals surface area contributed by atoms with Crippen LogP contribution in [-0.2, 0) is 19.7 Å². The summed E-state index contributed by atoms with van der Waals surface area (Å²) in [6.07, 6.45) is 5.43. The van der Waals surface area contributed by atoms with Gasteiger partial charge in [0.25, 0.3) is 5.91 Å². The number of para-hydroxylation sites is 1. The summed E-state index contributed by atoms with van der Waals surface area (Å²) in [4.78, 5) is 17.0. The minimum atomic E-state index is -0.0920. The third-order valence-corrected chi connectivity index (χ3v) is 5.42. The fourth-order valence-corrected chi connectivity index (χ4v) is 3.83. The normalized spacial score (nSPS) is 11.0. The zero-order chi connectivity index (χ0) is 23.2. The van der Waals surface area contributed by atoms with E-state index in [1.165, 1.54) is 0 Å². The van der Waals surface area contributed by atoms with Crippen molar-refractivity contribution in [2.75, 3.05) is 7.11 Å². The average molecular weight is 444 g/mol. The van der Waals surface area contributed by atoms with Crippen LogP contribution < -0.4 is 14.8 Å². The minimum absolute atomic E-state index is 0.0920. The largest absolute Gasteiger partial charge is 0.493 e. The Morgan fingerprint density at radius 1 is 1.03 bits per heavy atom. The van der Waals surface area contributed by atoms with E-state index < -0.39 is 0 Å². The van der Waals surface area contributed by atoms with Gasteiger partial charge < -0.3 is 19.4 Å². The van der Waals surface area contributed by atoms with Gasteiger partial charge in [0, 0.05) is 42.6 Å². The van der Waals surface area contributed by atoms with Crippen LogP contribution in [0.1, 0.15) is 35.3 Å². The minimum Gasteiger partial charge on any atom is -0.493 e. The van der Waals surface area contributed by atoms with Gasteiger partial charge in [-0.25, -0.2) is 0 Å². The SMILES string of the molecule is COc1cc(CNC(=O)c2cn(CC(C)C)c3ccccc23)ccc1OCc1ccncc1. The molecule has 6 nitrogen and oxygen atoms in total. The van der Waals surface area contributed by atoms with E-state index >= 15 is 0 Å². The molecule has 2 aromatic heterocycles. The molecule has 1 N–H and O–H groups in total. The van der Waals surface area contributed by atoms with E-state index in [2.05, 4.69) is 34.8 Å². The van der Waals surface area contributed by atoms with Gasteiger partial charge in [-0.15, -0.1) is 0 Å². The maximum Gasteiger partial charge on any atom is 0.253 e. The lowest BCUT2D eigenvalue weighted by Gasteiger charge is -2.13. The monoisotopic (exact) mass is 443 g/mol. The Morgan fingerprint density at radius 3 is 2.58 bits per heavy atom. The number of hydrogen-bond donors (Lipinski definition) is 1. The number of hydrogen-bond acceptors (Lipinski definition) is 4. The predicted molar refractivity (Wildman–Crippen MR) is 130 cm³/mol. The lowest BCUT2D eigenvalue weighted by Crippen LogP contribution is -2.22. The van der Waals surface area contributed by atoms with Crippen LogP contribution >= 0.6 is 0 Å². The van der Waals surface area contributed by atoms with Gasteiger partial charge in [0.1, 0.15) is 6.61 Å². The maximum absolute atomic E-state index is 13.0. The summed E-state index contributed by atoms with van der Waals surface area (Å²) in [5.41, 5.74) is 3.73. The number of fused-ring (bicyclic) bond motifs is 1. The number of pyridine rings is 1. The van der Waals surface area contributed by atoms with E-state index in [0.717, 1.165) is 28.6 Å². The van der Waals surface area contributed by atoms with Crippen molar-refractivity contribution in [1.82, 2.24) is 14.9 Å². The summed E-state index contributed by atoms with van der Waals surface area (Å²) in [6, 6.07) is 17.6. The van der Waals surface area contributed by atoms with Crippen molar-refractivity contribution in [1.29, 1.82) is 0 Å². The van der Waals surface area contributed by atoms with Crippen LogP contribution in [0, 0.1) is 5.92 Å². The van der Waals surface area contributed by atoms with Gasteiger partial charge in [0.15, 0.2) is 11.5 Å². The Hall–Kier alpha value is -3.80. The van der Waals surface area contributed by atoms with Gasteiger partial charge in [-0.3, -0.25) is 9.78 Å². The molecule has 0 fully saturated rings. The lowest BCUT2D eigenvalue weighted by atomic mass is 10.1. The highest BCUT2D eigenvalue weighted by molar-refractivity contribution is 6.07. The first kappa shape index (κ1) is 22.4. The van der Waals surface area contributed by atoms with Gasteiger partial charge in [0.05, 0.1) is 12.7 Å². The van der Waals surface area contributed by atoms with E-state index in [0.29, 0.717) is 36.1 Å². The molecular formula is C27H29N3O3. The summed E-state index contributed by atoms with van der Waals surface area (Å²) in [7, 11) is 1.61. The van der Waals surface area contributed by atoms with Crippen LogP contribution in [0.4, 0.5) is 0 Å². The van der Waals surface area contributed by atoms with Gasteiger partial charge in [-0.05, 0) is 47.4 Å². The number of carbonyl (C=O) groups excluding carboxylic acids is 1. The molecule has 2 heterocycles. The average Bonchev–Trinajstić information content (AvgIpc) is 3.20. The number of rotatable bonds is 9. The molecule has 33 heavy (non-hydrogen) atoms. The third-order valence-electron chi connectivity index (χ3n) is 5.42. The summed E-state index contributed by atoms with van der Waals surface area (Å²) in [6.45, 7) is 6.03. The van der Waals surface area contributed by atoms with Crippen LogP contribution in [0.3, 0.4) is 0 Å². The fraction of sp³-hybridized carbons (Fsp3) is 0.259. The van der Waals surface area contributed by atoms with E-state index in [1.807, 2.05) is 54.7 Å². The van der Waals surface area contributed by atoms with Crippen molar-refractivity contribution in [2.24, 2.45) is 5.92 Å². The molecule has 0 saturated heterocycles. The number of aromatic nitrogens is 2. The van der Waals surface area contributed by atoms with Crippen LogP contribution in [-0.4, -0.2) is 22.6 Å². The number of nitrogens with one attached hydrogen (secondary N) is 1. The molecule has 4 rings (SSSR count). The molecule has 0 atom stereocenters. The van der Waals surface area contributed by atoms with Gasteiger partial charge in [0.2, 0.25) is 0 Å². The highest BCUT2D eigenvalue weighted by Crippen LogP contribution is 2.29.